The summed E-state index contributed by atoms with van der Waals surface area (Å²) >= 11 is 0. The molecule has 0 rings (SSSR count). The average Bonchev–Trinajstić information content (AvgIpc) is 3.14. The van der Waals surface area contributed by atoms with Crippen molar-refractivity contribution < 1.29 is 28.4 Å². The highest BCUT2D eigenvalue weighted by Crippen LogP contribution is 2.43. The maximum absolute atomic E-state index is 12.7. The number of hydrogen-bond acceptors (Lipinski definition) is 6. The van der Waals surface area contributed by atoms with Crippen molar-refractivity contribution in [2.75, 3.05) is 19.8 Å². The number of unbranched alkanes of at least 4 members (excludes halogenated alkanes) is 11. The summed E-state index contributed by atoms with van der Waals surface area (Å²) in [6.07, 6.45) is 53.5. The van der Waals surface area contributed by atoms with Gasteiger partial charge in [-0.15, -0.1) is 0 Å². The summed E-state index contributed by atoms with van der Waals surface area (Å²) in [7, 11) is -4.38. The first-order chi connectivity index (χ1) is 25.9. The van der Waals surface area contributed by atoms with E-state index in [-0.39, 0.29) is 25.5 Å². The Bertz CT molecular complexity index is 1140. The van der Waals surface area contributed by atoms with Gasteiger partial charge in [-0.2, -0.15) is 0 Å². The van der Waals surface area contributed by atoms with Crippen molar-refractivity contribution in [3.05, 3.63) is 97.2 Å². The number of rotatable bonds is 36. The van der Waals surface area contributed by atoms with Gasteiger partial charge < -0.3 is 21.1 Å². The minimum absolute atomic E-state index is 0.0528. The van der Waals surface area contributed by atoms with E-state index in [1.807, 2.05) is 18.2 Å². The molecule has 0 aliphatic heterocycles. The third-order valence-corrected chi connectivity index (χ3v) is 9.13. The van der Waals surface area contributed by atoms with Crippen LogP contribution in [0.15, 0.2) is 97.2 Å². The van der Waals surface area contributed by atoms with E-state index in [2.05, 4.69) is 86.0 Å². The Balaban J connectivity index is 4.50. The monoisotopic (exact) mass is 759 g/mol. The highest BCUT2D eigenvalue weighted by Gasteiger charge is 2.26. The summed E-state index contributed by atoms with van der Waals surface area (Å²) < 4.78 is 22.0. The number of nitrogens with two attached hydrogens (primary N) is 1. The first kappa shape index (κ1) is 50.4. The van der Waals surface area contributed by atoms with E-state index in [4.69, 9.17) is 14.8 Å². The summed E-state index contributed by atoms with van der Waals surface area (Å²) in [5.74, 6) is -0.340. The topological polar surface area (TPSA) is 131 Å². The lowest BCUT2D eigenvalue weighted by Crippen LogP contribution is -2.45. The zero-order valence-corrected chi connectivity index (χ0v) is 34.1. The van der Waals surface area contributed by atoms with Crippen LogP contribution >= 0.6 is 7.82 Å². The van der Waals surface area contributed by atoms with E-state index in [1.54, 1.807) is 12.2 Å². The van der Waals surface area contributed by atoms with Crippen molar-refractivity contribution in [1.82, 2.24) is 5.32 Å². The highest BCUT2D eigenvalue weighted by atomic mass is 31.2. The van der Waals surface area contributed by atoms with Crippen LogP contribution in [0, 0.1) is 0 Å². The lowest BCUT2D eigenvalue weighted by Gasteiger charge is -2.23. The molecule has 0 aromatic rings. The fraction of sp³-hybridized carbons (Fsp3) is 0.614. The molecule has 5 N–H and O–H groups in total. The maximum Gasteiger partial charge on any atom is 0.472 e. The molecule has 302 valence electrons. The second-order valence-electron chi connectivity index (χ2n) is 13.1. The van der Waals surface area contributed by atoms with Crippen molar-refractivity contribution in [2.45, 2.75) is 154 Å². The van der Waals surface area contributed by atoms with E-state index >= 15 is 0 Å². The normalized spacial score (nSPS) is 15.2. The predicted molar refractivity (Wildman–Crippen MR) is 226 cm³/mol. The first-order valence-electron chi connectivity index (χ1n) is 20.4. The van der Waals surface area contributed by atoms with Crippen molar-refractivity contribution >= 4 is 13.7 Å². The molecule has 0 aliphatic rings. The van der Waals surface area contributed by atoms with Crippen LogP contribution in [-0.2, 0) is 18.4 Å². The van der Waals surface area contributed by atoms with Crippen LogP contribution in [0.1, 0.15) is 142 Å². The predicted octanol–water partition coefficient (Wildman–Crippen LogP) is 11.2. The molecule has 0 saturated heterocycles. The summed E-state index contributed by atoms with van der Waals surface area (Å²) in [4.78, 5) is 22.6. The quantitative estimate of drug-likeness (QED) is 0.0284. The Morgan fingerprint density at radius 3 is 1.64 bits per heavy atom. The lowest BCUT2D eigenvalue weighted by atomic mass is 10.1. The number of phosphoric ester groups is 1. The number of nitrogens with one attached hydrogen (secondary N) is 1. The number of hydrogen-bond donors (Lipinski definition) is 4. The molecule has 1 amide bonds. The zero-order valence-electron chi connectivity index (χ0n) is 33.2. The van der Waals surface area contributed by atoms with E-state index in [1.165, 1.54) is 64.2 Å². The molecule has 0 aliphatic carbocycles. The maximum atomic E-state index is 12.7. The van der Waals surface area contributed by atoms with Gasteiger partial charge in [-0.25, -0.2) is 4.57 Å². The van der Waals surface area contributed by atoms with Gasteiger partial charge >= 0.3 is 7.82 Å². The van der Waals surface area contributed by atoms with Crippen LogP contribution < -0.4 is 11.1 Å². The molecule has 8 nitrogen and oxygen atoms in total. The minimum Gasteiger partial charge on any atom is -0.387 e. The molecule has 0 radical (unpaired) electrons. The Morgan fingerprint density at radius 1 is 0.642 bits per heavy atom. The fourth-order valence-corrected chi connectivity index (χ4v) is 5.87. The molecule has 0 fully saturated rings. The molecule has 0 aromatic carbocycles. The Morgan fingerprint density at radius 2 is 1.11 bits per heavy atom. The molecule has 53 heavy (non-hydrogen) atoms. The molecule has 9 heteroatoms. The molecule has 0 aromatic heterocycles. The third-order valence-electron chi connectivity index (χ3n) is 8.15. The van der Waals surface area contributed by atoms with E-state index in [0.29, 0.717) is 12.8 Å². The summed E-state index contributed by atoms with van der Waals surface area (Å²) in [6, 6.07) is -0.943. The molecule has 0 spiro atoms. The molecule has 0 bridgehead atoms. The van der Waals surface area contributed by atoms with Crippen molar-refractivity contribution in [2.24, 2.45) is 5.73 Å². The van der Waals surface area contributed by atoms with Gasteiger partial charge in [0.05, 0.1) is 25.4 Å². The number of carbonyl (C=O) groups is 1. The van der Waals surface area contributed by atoms with Crippen LogP contribution in [-0.4, -0.2) is 47.8 Å². The largest absolute Gasteiger partial charge is 0.472 e. The number of amides is 1. The van der Waals surface area contributed by atoms with Crippen molar-refractivity contribution in [3.8, 4) is 0 Å². The number of carbonyl (C=O) groups excluding carboxylic acids is 1. The highest BCUT2D eigenvalue weighted by molar-refractivity contribution is 7.47. The molecular formula is C44H75N2O6P. The Hall–Kier alpha value is -2.58. The van der Waals surface area contributed by atoms with Crippen LogP contribution in [0.3, 0.4) is 0 Å². The van der Waals surface area contributed by atoms with Gasteiger partial charge in [0, 0.05) is 13.0 Å². The SMILES string of the molecule is CC/C=C\C/C=C\C/C=C\C/C=C\C/C=C\CC(=O)NC(COP(=O)(O)OCCN)C(O)/C=C/CC/C=C/CC/C=C/CCCCCCCCCCC. The van der Waals surface area contributed by atoms with Gasteiger partial charge in [-0.05, 0) is 70.6 Å². The summed E-state index contributed by atoms with van der Waals surface area (Å²) in [6.45, 7) is 3.88. The standard InChI is InChI=1S/C44H75N2O6P/c1-3-5-7-9-11-13-15-17-19-20-21-22-24-25-27-29-31-33-35-37-43(47)42(41-52-53(49,50)51-40-39-45)46-44(48)38-36-34-32-30-28-26-23-18-16-14-12-10-8-6-4-2/h6,8,12,14,18,21-23,27-30,34-37,42-43,47H,3-5,7,9-11,13,15-17,19-20,24-26,31-33,38-41,45H2,1-2H3,(H,46,48)(H,49,50)/b8-6-,14-12-,22-21+,23-18-,29-27+,30-28-,36-34-,37-35+. The summed E-state index contributed by atoms with van der Waals surface area (Å²) in [5, 5.41) is 13.5. The smallest absolute Gasteiger partial charge is 0.387 e. The third kappa shape index (κ3) is 37.5. The number of aliphatic hydroxyl groups is 1. The number of phosphoric acid groups is 1. The van der Waals surface area contributed by atoms with Crippen molar-refractivity contribution in [1.29, 1.82) is 0 Å². The van der Waals surface area contributed by atoms with E-state index in [0.717, 1.165) is 44.9 Å². The molecule has 0 saturated carbocycles. The van der Waals surface area contributed by atoms with Crippen LogP contribution in [0.5, 0.6) is 0 Å². The molecule has 3 unspecified atom stereocenters. The van der Waals surface area contributed by atoms with Gasteiger partial charge in [0.1, 0.15) is 0 Å². The van der Waals surface area contributed by atoms with Gasteiger partial charge in [-0.3, -0.25) is 13.8 Å². The van der Waals surface area contributed by atoms with Gasteiger partial charge in [0.15, 0.2) is 0 Å². The zero-order chi connectivity index (χ0) is 38.9. The Labute approximate surface area is 323 Å². The molecule has 3 atom stereocenters. The fourth-order valence-electron chi connectivity index (χ4n) is 5.11. The van der Waals surface area contributed by atoms with Crippen LogP contribution in [0.25, 0.3) is 0 Å². The van der Waals surface area contributed by atoms with E-state index < -0.39 is 26.6 Å². The average molecular weight is 759 g/mol. The number of allylic oxidation sites excluding steroid dienone is 14. The second kappa shape index (κ2) is 39.1. The van der Waals surface area contributed by atoms with Crippen molar-refractivity contribution in [3.63, 3.8) is 0 Å². The van der Waals surface area contributed by atoms with Gasteiger partial charge in [0.25, 0.3) is 0 Å². The Kier molecular flexibility index (Phi) is 37.2. The first-order valence-corrected chi connectivity index (χ1v) is 21.9. The minimum atomic E-state index is -4.38. The van der Waals surface area contributed by atoms with E-state index in [9.17, 15) is 19.4 Å². The molecule has 0 heterocycles. The van der Waals surface area contributed by atoms with Crippen LogP contribution in [0.4, 0.5) is 0 Å². The second-order valence-corrected chi connectivity index (χ2v) is 14.6. The lowest BCUT2D eigenvalue weighted by molar-refractivity contribution is -0.122. The molecular weight excluding hydrogens is 683 g/mol. The van der Waals surface area contributed by atoms with Gasteiger partial charge in [0.2, 0.25) is 5.91 Å². The number of aliphatic hydroxyl groups excluding tert-OH is 1. The van der Waals surface area contributed by atoms with Crippen LogP contribution in [0.2, 0.25) is 0 Å². The van der Waals surface area contributed by atoms with Gasteiger partial charge in [-0.1, -0.05) is 162 Å². The summed E-state index contributed by atoms with van der Waals surface area (Å²) in [5.41, 5.74) is 5.35.